The third-order valence-corrected chi connectivity index (χ3v) is 3.12. The second-order valence-corrected chi connectivity index (χ2v) is 4.35. The molecular formula is C12H18N2O4. The van der Waals surface area contributed by atoms with Crippen LogP contribution in [0.5, 0.6) is 0 Å². The Morgan fingerprint density at radius 1 is 1.33 bits per heavy atom. The van der Waals surface area contributed by atoms with Gasteiger partial charge in [-0.1, -0.05) is 0 Å². The normalized spacial score (nSPS) is 21.1. The summed E-state index contributed by atoms with van der Waals surface area (Å²) in [5, 5.41) is 10.5. The highest BCUT2D eigenvalue weighted by atomic mass is 16.6. The van der Waals surface area contributed by atoms with Crippen LogP contribution in [0.15, 0.2) is 23.6 Å². The van der Waals surface area contributed by atoms with E-state index in [-0.39, 0.29) is 10.6 Å². The number of morpholine rings is 1. The van der Waals surface area contributed by atoms with Crippen molar-refractivity contribution in [1.29, 1.82) is 0 Å². The van der Waals surface area contributed by atoms with Gasteiger partial charge in [0.2, 0.25) is 5.70 Å². The predicted octanol–water partition coefficient (Wildman–Crippen LogP) is 1.17. The zero-order valence-electron chi connectivity index (χ0n) is 10.3. The van der Waals surface area contributed by atoms with E-state index in [1.165, 1.54) is 6.08 Å². The molecule has 0 aromatic heterocycles. The van der Waals surface area contributed by atoms with Crippen LogP contribution < -0.4 is 0 Å². The Balaban J connectivity index is 1.69. The number of ether oxygens (including phenoxy) is 2. The molecule has 0 amide bonds. The fourth-order valence-electron chi connectivity index (χ4n) is 2.01. The molecule has 0 aromatic carbocycles. The molecule has 0 saturated carbocycles. The van der Waals surface area contributed by atoms with Gasteiger partial charge in [-0.2, -0.15) is 0 Å². The second kappa shape index (κ2) is 6.51. The maximum absolute atomic E-state index is 10.5. The van der Waals surface area contributed by atoms with Gasteiger partial charge in [0.1, 0.15) is 6.61 Å². The highest BCUT2D eigenvalue weighted by molar-refractivity contribution is 5.16. The quantitative estimate of drug-likeness (QED) is 0.544. The molecule has 1 heterocycles. The molecule has 0 unspecified atom stereocenters. The van der Waals surface area contributed by atoms with Gasteiger partial charge >= 0.3 is 0 Å². The lowest BCUT2D eigenvalue weighted by molar-refractivity contribution is -0.428. The minimum Gasteiger partial charge on any atom is -0.497 e. The smallest absolute Gasteiger partial charge is 0.246 e. The monoisotopic (exact) mass is 254 g/mol. The molecule has 0 aromatic rings. The Kier molecular flexibility index (Phi) is 4.72. The zero-order chi connectivity index (χ0) is 12.8. The van der Waals surface area contributed by atoms with Crippen molar-refractivity contribution in [2.45, 2.75) is 12.8 Å². The number of hydrogen-bond acceptors (Lipinski definition) is 5. The second-order valence-electron chi connectivity index (χ2n) is 4.35. The van der Waals surface area contributed by atoms with Gasteiger partial charge in [0.25, 0.3) is 0 Å². The van der Waals surface area contributed by atoms with Crippen molar-refractivity contribution in [2.75, 3.05) is 39.5 Å². The Bertz CT molecular complexity index is 359. The first-order valence-corrected chi connectivity index (χ1v) is 6.23. The molecule has 0 spiro atoms. The first-order valence-electron chi connectivity index (χ1n) is 6.23. The van der Waals surface area contributed by atoms with E-state index in [0.29, 0.717) is 19.4 Å². The van der Waals surface area contributed by atoms with E-state index in [1.54, 1.807) is 6.08 Å². The van der Waals surface area contributed by atoms with Crippen molar-refractivity contribution in [3.63, 3.8) is 0 Å². The van der Waals surface area contributed by atoms with Gasteiger partial charge < -0.3 is 9.47 Å². The molecule has 0 bridgehead atoms. The number of hydrogen-bond donors (Lipinski definition) is 0. The van der Waals surface area contributed by atoms with E-state index in [1.807, 2.05) is 0 Å². The standard InChI is InChI=1S/C12H18N2O4/c15-14(16)11-1-3-12(4-2-11)18-10-7-13-5-8-17-9-6-13/h1,3H,2,4-10H2. The van der Waals surface area contributed by atoms with Gasteiger partial charge in [-0.05, 0) is 6.08 Å². The summed E-state index contributed by atoms with van der Waals surface area (Å²) < 4.78 is 10.9. The maximum atomic E-state index is 10.5. The van der Waals surface area contributed by atoms with Gasteiger partial charge in [0.05, 0.1) is 23.9 Å². The van der Waals surface area contributed by atoms with Crippen LogP contribution >= 0.6 is 0 Å². The summed E-state index contributed by atoms with van der Waals surface area (Å²) in [5.41, 5.74) is 0.260. The van der Waals surface area contributed by atoms with Crippen LogP contribution in [0.1, 0.15) is 12.8 Å². The lowest BCUT2D eigenvalue weighted by Crippen LogP contribution is -2.38. The molecule has 0 atom stereocenters. The minimum atomic E-state index is -0.332. The van der Waals surface area contributed by atoms with Crippen LogP contribution in [0, 0.1) is 10.1 Å². The summed E-state index contributed by atoms with van der Waals surface area (Å²) in [6.45, 7) is 5.00. The van der Waals surface area contributed by atoms with Crippen LogP contribution in [-0.4, -0.2) is 49.3 Å². The molecular weight excluding hydrogens is 236 g/mol. The number of rotatable bonds is 5. The summed E-state index contributed by atoms with van der Waals surface area (Å²) >= 11 is 0. The third kappa shape index (κ3) is 3.82. The minimum absolute atomic E-state index is 0.260. The summed E-state index contributed by atoms with van der Waals surface area (Å²) in [6, 6.07) is 0. The van der Waals surface area contributed by atoms with Crippen LogP contribution in [0.4, 0.5) is 0 Å². The van der Waals surface area contributed by atoms with Crippen molar-refractivity contribution in [3.05, 3.63) is 33.7 Å². The third-order valence-electron chi connectivity index (χ3n) is 3.12. The number of nitro groups is 1. The van der Waals surface area contributed by atoms with Crippen molar-refractivity contribution in [2.24, 2.45) is 0 Å². The van der Waals surface area contributed by atoms with Crippen molar-refractivity contribution in [3.8, 4) is 0 Å². The summed E-state index contributed by atoms with van der Waals surface area (Å²) in [4.78, 5) is 12.5. The van der Waals surface area contributed by atoms with Gasteiger partial charge in [0.15, 0.2) is 0 Å². The zero-order valence-corrected chi connectivity index (χ0v) is 10.3. The predicted molar refractivity (Wildman–Crippen MR) is 65.6 cm³/mol. The maximum Gasteiger partial charge on any atom is 0.246 e. The molecule has 18 heavy (non-hydrogen) atoms. The van der Waals surface area contributed by atoms with E-state index >= 15 is 0 Å². The lowest BCUT2D eigenvalue weighted by Gasteiger charge is -2.26. The van der Waals surface area contributed by atoms with Crippen LogP contribution in [0.3, 0.4) is 0 Å². The van der Waals surface area contributed by atoms with Gasteiger partial charge in [-0.15, -0.1) is 0 Å². The first-order chi connectivity index (χ1) is 8.75. The fourth-order valence-corrected chi connectivity index (χ4v) is 2.01. The van der Waals surface area contributed by atoms with Crippen LogP contribution in [0.2, 0.25) is 0 Å². The van der Waals surface area contributed by atoms with E-state index in [4.69, 9.17) is 9.47 Å². The Labute approximate surface area is 106 Å². The Morgan fingerprint density at radius 3 is 2.72 bits per heavy atom. The molecule has 2 aliphatic rings. The molecule has 6 nitrogen and oxygen atoms in total. The average Bonchev–Trinajstić information content (AvgIpc) is 2.40. The molecule has 1 aliphatic heterocycles. The lowest BCUT2D eigenvalue weighted by atomic mass is 10.1. The van der Waals surface area contributed by atoms with Crippen LogP contribution in [-0.2, 0) is 9.47 Å². The molecule has 1 saturated heterocycles. The molecule has 6 heteroatoms. The van der Waals surface area contributed by atoms with E-state index in [9.17, 15) is 10.1 Å². The van der Waals surface area contributed by atoms with Crippen LogP contribution in [0.25, 0.3) is 0 Å². The highest BCUT2D eigenvalue weighted by Gasteiger charge is 2.16. The molecule has 1 fully saturated rings. The van der Waals surface area contributed by atoms with Gasteiger partial charge in [0, 0.05) is 38.6 Å². The number of nitrogens with zero attached hydrogens (tertiary/aromatic N) is 2. The molecule has 2 rings (SSSR count). The Morgan fingerprint density at radius 2 is 2.11 bits per heavy atom. The fraction of sp³-hybridized carbons (Fsp3) is 0.667. The summed E-state index contributed by atoms with van der Waals surface area (Å²) in [7, 11) is 0. The van der Waals surface area contributed by atoms with Gasteiger partial charge in [-0.3, -0.25) is 15.0 Å². The van der Waals surface area contributed by atoms with E-state index in [0.717, 1.165) is 38.6 Å². The molecule has 0 N–H and O–H groups in total. The molecule has 0 radical (unpaired) electrons. The average molecular weight is 254 g/mol. The highest BCUT2D eigenvalue weighted by Crippen LogP contribution is 2.19. The van der Waals surface area contributed by atoms with Crippen molar-refractivity contribution in [1.82, 2.24) is 4.90 Å². The Hall–Kier alpha value is -1.40. The van der Waals surface area contributed by atoms with E-state index < -0.39 is 0 Å². The van der Waals surface area contributed by atoms with Gasteiger partial charge in [-0.25, -0.2) is 0 Å². The van der Waals surface area contributed by atoms with Crippen molar-refractivity contribution < 1.29 is 14.4 Å². The summed E-state index contributed by atoms with van der Waals surface area (Å²) in [6.07, 6.45) is 4.32. The molecule has 100 valence electrons. The SMILES string of the molecule is O=[N+]([O-])C1=CC=C(OCCN2CCOCC2)CC1. The number of allylic oxidation sites excluding steroid dienone is 4. The topological polar surface area (TPSA) is 64.8 Å². The van der Waals surface area contributed by atoms with Crippen molar-refractivity contribution >= 4 is 0 Å². The first kappa shape index (κ1) is 13.0. The largest absolute Gasteiger partial charge is 0.497 e. The summed E-state index contributed by atoms with van der Waals surface area (Å²) in [5.74, 6) is 0.842. The molecule has 1 aliphatic carbocycles. The van der Waals surface area contributed by atoms with E-state index in [2.05, 4.69) is 4.90 Å².